The van der Waals surface area contributed by atoms with Crippen LogP contribution in [0.4, 0.5) is 0 Å². The maximum atomic E-state index is 12.2. The number of hydrogen-bond donors (Lipinski definition) is 1. The van der Waals surface area contributed by atoms with Crippen LogP contribution in [0, 0.1) is 0 Å². The average Bonchev–Trinajstić information content (AvgIpc) is 3.29. The zero-order valence-corrected chi connectivity index (χ0v) is 17.4. The lowest BCUT2D eigenvalue weighted by Gasteiger charge is -2.06. The summed E-state index contributed by atoms with van der Waals surface area (Å²) in [6.45, 7) is 0.366. The molecular weight excluding hydrogens is 400 g/mol. The molecule has 0 aliphatic heterocycles. The predicted octanol–water partition coefficient (Wildman–Crippen LogP) is 5.40. The molecule has 0 saturated heterocycles. The quantitative estimate of drug-likeness (QED) is 0.290. The van der Waals surface area contributed by atoms with Crippen LogP contribution in [0.25, 0.3) is 23.1 Å². The van der Waals surface area contributed by atoms with Gasteiger partial charge in [-0.15, -0.1) is 0 Å². The summed E-state index contributed by atoms with van der Waals surface area (Å²) in [6, 6.07) is 20.9. The largest absolute Gasteiger partial charge is 0.487 e. The first-order chi connectivity index (χ1) is 15.7. The highest BCUT2D eigenvalue weighted by atomic mass is 16.5. The number of benzene rings is 2. The van der Waals surface area contributed by atoms with Crippen LogP contribution in [-0.2, 0) is 16.2 Å². The molecular formula is C27H22N2O3. The normalized spacial score (nSPS) is 11.4. The molecule has 0 atom stereocenters. The Hall–Kier alpha value is -4.25. The van der Waals surface area contributed by atoms with Crippen LogP contribution in [0.1, 0.15) is 23.2 Å². The molecule has 0 aliphatic carbocycles. The lowest BCUT2D eigenvalue weighted by Crippen LogP contribution is -2.02. The lowest BCUT2D eigenvalue weighted by molar-refractivity contribution is -0.121. The van der Waals surface area contributed by atoms with E-state index in [0.717, 1.165) is 27.7 Å². The van der Waals surface area contributed by atoms with Gasteiger partial charge in [0, 0.05) is 17.9 Å². The summed E-state index contributed by atoms with van der Waals surface area (Å²) in [5, 5.41) is 1.07. The third kappa shape index (κ3) is 5.89. The second kappa shape index (κ2) is 10.2. The molecule has 2 aromatic heterocycles. The van der Waals surface area contributed by atoms with Crippen molar-refractivity contribution in [3.8, 4) is 5.75 Å². The fourth-order valence-corrected chi connectivity index (χ4v) is 3.19. The standard InChI is InChI=1S/C27H22N2O3/c30-24(18-25(31)11-8-21-9-12-27-22(16-21)13-15-29-27)10-7-20-4-3-6-26(17-20)32-19-23-5-1-2-14-28-23/h1-17,29H,18-19H2. The zero-order chi connectivity index (χ0) is 22.2. The van der Waals surface area contributed by atoms with E-state index in [2.05, 4.69) is 9.97 Å². The second-order valence-corrected chi connectivity index (χ2v) is 7.28. The molecule has 5 nitrogen and oxygen atoms in total. The van der Waals surface area contributed by atoms with Crippen molar-refractivity contribution in [1.82, 2.24) is 9.97 Å². The number of carbonyl (C=O) groups excluding carboxylic acids is 2. The molecule has 5 heteroatoms. The third-order valence-electron chi connectivity index (χ3n) is 4.82. The van der Waals surface area contributed by atoms with Crippen LogP contribution >= 0.6 is 0 Å². The molecule has 32 heavy (non-hydrogen) atoms. The van der Waals surface area contributed by atoms with Crippen LogP contribution in [0.3, 0.4) is 0 Å². The number of carbonyl (C=O) groups is 2. The number of ketones is 2. The number of fused-ring (bicyclic) bond motifs is 1. The van der Waals surface area contributed by atoms with Crippen LogP contribution in [-0.4, -0.2) is 21.5 Å². The maximum Gasteiger partial charge on any atom is 0.163 e. The van der Waals surface area contributed by atoms with Gasteiger partial charge in [0.1, 0.15) is 12.4 Å². The summed E-state index contributed by atoms with van der Waals surface area (Å²) in [5.41, 5.74) is 3.61. The summed E-state index contributed by atoms with van der Waals surface area (Å²) in [5.74, 6) is 0.199. The Morgan fingerprint density at radius 2 is 1.69 bits per heavy atom. The number of nitrogens with zero attached hydrogens (tertiary/aromatic N) is 1. The number of aromatic amines is 1. The van der Waals surface area contributed by atoms with Gasteiger partial charge in [0.2, 0.25) is 0 Å². The second-order valence-electron chi connectivity index (χ2n) is 7.28. The Morgan fingerprint density at radius 3 is 2.47 bits per heavy atom. The van der Waals surface area contributed by atoms with Gasteiger partial charge in [-0.3, -0.25) is 14.6 Å². The topological polar surface area (TPSA) is 72.0 Å². The van der Waals surface area contributed by atoms with Gasteiger partial charge in [-0.2, -0.15) is 0 Å². The average molecular weight is 422 g/mol. The number of rotatable bonds is 9. The smallest absolute Gasteiger partial charge is 0.163 e. The van der Waals surface area contributed by atoms with Crippen molar-refractivity contribution in [2.45, 2.75) is 13.0 Å². The van der Waals surface area contributed by atoms with Gasteiger partial charge >= 0.3 is 0 Å². The van der Waals surface area contributed by atoms with E-state index in [1.807, 2.05) is 72.9 Å². The molecule has 0 radical (unpaired) electrons. The number of H-pyrrole nitrogens is 1. The van der Waals surface area contributed by atoms with Crippen molar-refractivity contribution in [2.75, 3.05) is 0 Å². The van der Waals surface area contributed by atoms with E-state index in [0.29, 0.717) is 12.4 Å². The van der Waals surface area contributed by atoms with Crippen LogP contribution in [0.2, 0.25) is 0 Å². The highest BCUT2D eigenvalue weighted by molar-refractivity contribution is 6.11. The molecule has 0 aliphatic rings. The van der Waals surface area contributed by atoms with Crippen molar-refractivity contribution >= 4 is 34.6 Å². The molecule has 0 unspecified atom stereocenters. The van der Waals surface area contributed by atoms with Crippen molar-refractivity contribution in [3.63, 3.8) is 0 Å². The molecule has 1 N–H and O–H groups in total. The molecule has 0 spiro atoms. The van der Waals surface area contributed by atoms with Gasteiger partial charge in [0.15, 0.2) is 11.6 Å². The number of allylic oxidation sites excluding steroid dienone is 2. The Bertz CT molecular complexity index is 1290. The van der Waals surface area contributed by atoms with Gasteiger partial charge in [-0.1, -0.05) is 36.4 Å². The highest BCUT2D eigenvalue weighted by Crippen LogP contribution is 2.17. The minimum atomic E-state index is -0.249. The number of pyridine rings is 1. The first-order valence-corrected chi connectivity index (χ1v) is 10.3. The van der Waals surface area contributed by atoms with Crippen molar-refractivity contribution in [2.24, 2.45) is 0 Å². The zero-order valence-electron chi connectivity index (χ0n) is 17.4. The van der Waals surface area contributed by atoms with E-state index < -0.39 is 0 Å². The number of ether oxygens (including phenoxy) is 1. The van der Waals surface area contributed by atoms with E-state index in [1.54, 1.807) is 18.3 Å². The van der Waals surface area contributed by atoms with Gasteiger partial charge in [0.05, 0.1) is 12.1 Å². The predicted molar refractivity (Wildman–Crippen MR) is 126 cm³/mol. The minimum Gasteiger partial charge on any atom is -0.487 e. The SMILES string of the molecule is O=C(C=Cc1cccc(OCc2ccccn2)c1)CC(=O)C=Cc1ccc2[nH]ccc2c1. The highest BCUT2D eigenvalue weighted by Gasteiger charge is 2.04. The molecule has 4 rings (SSSR count). The summed E-state index contributed by atoms with van der Waals surface area (Å²) in [4.78, 5) is 31.7. The van der Waals surface area contributed by atoms with Crippen LogP contribution in [0.5, 0.6) is 5.75 Å². The summed E-state index contributed by atoms with van der Waals surface area (Å²) >= 11 is 0. The Balaban J connectivity index is 1.30. The Morgan fingerprint density at radius 1 is 0.875 bits per heavy atom. The minimum absolute atomic E-state index is 0.171. The molecule has 2 aromatic carbocycles. The van der Waals surface area contributed by atoms with E-state index in [9.17, 15) is 9.59 Å². The molecule has 0 fully saturated rings. The molecule has 158 valence electrons. The van der Waals surface area contributed by atoms with Crippen molar-refractivity contribution in [3.05, 3.63) is 108 Å². The molecule has 0 saturated carbocycles. The Labute approximate surface area is 186 Å². The third-order valence-corrected chi connectivity index (χ3v) is 4.82. The first-order valence-electron chi connectivity index (χ1n) is 10.3. The number of nitrogens with one attached hydrogen (secondary N) is 1. The van der Waals surface area contributed by atoms with Crippen molar-refractivity contribution in [1.29, 1.82) is 0 Å². The van der Waals surface area contributed by atoms with E-state index in [1.165, 1.54) is 12.2 Å². The first kappa shape index (κ1) is 21.0. The Kier molecular flexibility index (Phi) is 6.68. The molecule has 0 amide bonds. The van der Waals surface area contributed by atoms with E-state index in [-0.39, 0.29) is 18.0 Å². The lowest BCUT2D eigenvalue weighted by atomic mass is 10.1. The van der Waals surface area contributed by atoms with Crippen LogP contribution in [0.15, 0.2) is 91.3 Å². The summed E-state index contributed by atoms with van der Waals surface area (Å²) < 4.78 is 5.75. The van der Waals surface area contributed by atoms with Crippen molar-refractivity contribution < 1.29 is 14.3 Å². The number of hydrogen-bond acceptors (Lipinski definition) is 4. The molecule has 0 bridgehead atoms. The van der Waals surface area contributed by atoms with Crippen LogP contribution < -0.4 is 4.74 Å². The monoisotopic (exact) mass is 422 g/mol. The van der Waals surface area contributed by atoms with E-state index in [4.69, 9.17) is 4.74 Å². The van der Waals surface area contributed by atoms with Gasteiger partial charge in [-0.25, -0.2) is 0 Å². The summed E-state index contributed by atoms with van der Waals surface area (Å²) in [7, 11) is 0. The fourth-order valence-electron chi connectivity index (χ4n) is 3.19. The van der Waals surface area contributed by atoms with Gasteiger partial charge in [-0.05, 0) is 71.1 Å². The van der Waals surface area contributed by atoms with Gasteiger partial charge < -0.3 is 9.72 Å². The maximum absolute atomic E-state index is 12.2. The van der Waals surface area contributed by atoms with Gasteiger partial charge in [0.25, 0.3) is 0 Å². The number of aromatic nitrogens is 2. The molecule has 4 aromatic rings. The molecule has 2 heterocycles. The summed E-state index contributed by atoms with van der Waals surface area (Å²) in [6.07, 6.45) is 9.72. The van der Waals surface area contributed by atoms with E-state index >= 15 is 0 Å². The fraction of sp³-hybridized carbons (Fsp3) is 0.0741.